The average molecular weight is 690 g/mol. The molecule has 1 atom stereocenters. The van der Waals surface area contributed by atoms with Crippen molar-refractivity contribution in [3.63, 3.8) is 0 Å². The third kappa shape index (κ3) is 11.2. The van der Waals surface area contributed by atoms with Gasteiger partial charge in [-0.3, -0.25) is 19.4 Å². The third-order valence-electron chi connectivity index (χ3n) is 8.75. The molecule has 0 bridgehead atoms. The number of hydrogen-bond acceptors (Lipinski definition) is 5. The number of carbonyl (C=O) groups excluding carboxylic acids is 2. The van der Waals surface area contributed by atoms with E-state index in [4.69, 9.17) is 33.3 Å². The van der Waals surface area contributed by atoms with Gasteiger partial charge >= 0.3 is 5.97 Å². The van der Waals surface area contributed by atoms with Crippen LogP contribution >= 0.6 is 23.2 Å². The number of carboxylic acids is 1. The van der Waals surface area contributed by atoms with Crippen LogP contribution < -0.4 is 5.32 Å². The van der Waals surface area contributed by atoms with Gasteiger partial charge in [-0.25, -0.2) is 0 Å². The fourth-order valence-electron chi connectivity index (χ4n) is 6.42. The van der Waals surface area contributed by atoms with Gasteiger partial charge in [0.05, 0.1) is 6.04 Å². The molecule has 2 aliphatic heterocycles. The van der Waals surface area contributed by atoms with Crippen LogP contribution in [0.4, 0.5) is 0 Å². The van der Waals surface area contributed by atoms with E-state index < -0.39 is 11.6 Å². The molecule has 2 aliphatic rings. The van der Waals surface area contributed by atoms with Crippen molar-refractivity contribution in [1.82, 2.24) is 15.1 Å². The van der Waals surface area contributed by atoms with E-state index in [-0.39, 0.29) is 35.1 Å². The highest BCUT2D eigenvalue weighted by atomic mass is 35.5. The summed E-state index contributed by atoms with van der Waals surface area (Å²) in [6.07, 6.45) is 7.91. The number of likely N-dealkylation sites (tertiary alicyclic amines) is 1. The van der Waals surface area contributed by atoms with Crippen molar-refractivity contribution in [3.05, 3.63) is 57.1 Å². The monoisotopic (exact) mass is 688 g/mol. The number of aliphatic imine (C=N–C) groups is 1. The summed E-state index contributed by atoms with van der Waals surface area (Å²) >= 11 is 12.8. The molecule has 1 spiro atoms. The summed E-state index contributed by atoms with van der Waals surface area (Å²) in [4.78, 5) is 48.1. The Labute approximate surface area is 291 Å². The predicted octanol–water partition coefficient (Wildman–Crippen LogP) is 7.92. The largest absolute Gasteiger partial charge is 0.481 e. The molecule has 2 amide bonds. The van der Waals surface area contributed by atoms with E-state index in [0.717, 1.165) is 38.0 Å². The molecule has 260 valence electrons. The van der Waals surface area contributed by atoms with Gasteiger partial charge in [0, 0.05) is 66.6 Å². The number of benzene rings is 1. The molecule has 10 heteroatoms. The SMILES string of the molecule is CCC(=CC=C(C)C(=O)NCCCC(=O)O)C(CCC(C)(C)C)N1C(=O)C(c2cc(Cl)cc(Cl)c2)=NC12CCN(CC(C)(C)C)CC2. The van der Waals surface area contributed by atoms with Crippen LogP contribution in [0.25, 0.3) is 0 Å². The molecule has 3 rings (SSSR count). The van der Waals surface area contributed by atoms with Crippen LogP contribution in [-0.4, -0.2) is 76.3 Å². The van der Waals surface area contributed by atoms with Gasteiger partial charge in [-0.05, 0) is 67.2 Å². The number of nitrogens with one attached hydrogen (secondary N) is 1. The quantitative estimate of drug-likeness (QED) is 0.125. The summed E-state index contributed by atoms with van der Waals surface area (Å²) < 4.78 is 0. The number of rotatable bonds is 13. The summed E-state index contributed by atoms with van der Waals surface area (Å²) in [5, 5.41) is 12.6. The fraction of sp³-hybridized carbons (Fsp3) is 0.622. The van der Waals surface area contributed by atoms with Gasteiger partial charge in [0.25, 0.3) is 5.91 Å². The second kappa shape index (κ2) is 16.1. The van der Waals surface area contributed by atoms with Gasteiger partial charge in [0.15, 0.2) is 0 Å². The van der Waals surface area contributed by atoms with E-state index in [1.165, 1.54) is 0 Å². The summed E-state index contributed by atoms with van der Waals surface area (Å²) in [6, 6.07) is 4.95. The first-order valence-electron chi connectivity index (χ1n) is 16.8. The van der Waals surface area contributed by atoms with Crippen LogP contribution in [0.3, 0.4) is 0 Å². The smallest absolute Gasteiger partial charge is 0.303 e. The number of carboxylic acid groups (broad SMARTS) is 1. The molecule has 1 saturated heterocycles. The molecule has 0 aliphatic carbocycles. The van der Waals surface area contributed by atoms with E-state index in [9.17, 15) is 14.4 Å². The first kappa shape index (κ1) is 38.8. The molecular weight excluding hydrogens is 635 g/mol. The molecule has 1 unspecified atom stereocenters. The maximum absolute atomic E-state index is 14.7. The van der Waals surface area contributed by atoms with Crippen LogP contribution in [0.5, 0.6) is 0 Å². The van der Waals surface area contributed by atoms with Gasteiger partial charge in [-0.2, -0.15) is 0 Å². The Morgan fingerprint density at radius 1 is 1.04 bits per heavy atom. The molecule has 1 fully saturated rings. The number of allylic oxidation sites excluding steroid dienone is 2. The molecule has 47 heavy (non-hydrogen) atoms. The van der Waals surface area contributed by atoms with E-state index >= 15 is 0 Å². The second-order valence-electron chi connectivity index (χ2n) is 15.4. The molecule has 0 aromatic heterocycles. The van der Waals surface area contributed by atoms with E-state index in [2.05, 4.69) is 58.7 Å². The maximum Gasteiger partial charge on any atom is 0.303 e. The Kier molecular flexibility index (Phi) is 13.3. The number of piperidine rings is 1. The molecule has 0 radical (unpaired) electrons. The minimum atomic E-state index is -0.886. The van der Waals surface area contributed by atoms with E-state index in [0.29, 0.717) is 59.1 Å². The summed E-state index contributed by atoms with van der Waals surface area (Å²) in [5.41, 5.74) is 2.06. The maximum atomic E-state index is 14.7. The number of carbonyl (C=O) groups is 3. The number of aliphatic carboxylic acids is 1. The molecular formula is C37H54Cl2N4O4. The lowest BCUT2D eigenvalue weighted by Gasteiger charge is -2.47. The van der Waals surface area contributed by atoms with Gasteiger partial charge in [0.2, 0.25) is 5.91 Å². The standard InChI is InChI=1S/C37H54Cl2N4O4/c1-9-26(13-12-25(2)33(46)40-18-10-11-31(44)45)30(14-15-35(3,4)5)43-34(47)32(27-21-28(38)23-29(39)22-27)41-37(43)16-19-42(20-17-37)24-36(6,7)8/h12-13,21-23,30H,9-11,14-20,24H2,1-8H3,(H,40,46)(H,44,45). The first-order valence-corrected chi connectivity index (χ1v) is 17.6. The van der Waals surface area contributed by atoms with E-state index in [1.54, 1.807) is 25.1 Å². The molecule has 1 aromatic rings. The van der Waals surface area contributed by atoms with Gasteiger partial charge in [-0.15, -0.1) is 0 Å². The van der Waals surface area contributed by atoms with Crippen molar-refractivity contribution in [1.29, 1.82) is 0 Å². The molecule has 0 saturated carbocycles. The number of amides is 2. The summed E-state index contributed by atoms with van der Waals surface area (Å²) in [5.74, 6) is -1.25. The highest BCUT2D eigenvalue weighted by Gasteiger charge is 2.52. The topological polar surface area (TPSA) is 102 Å². The van der Waals surface area contributed by atoms with Crippen molar-refractivity contribution >= 4 is 46.7 Å². The van der Waals surface area contributed by atoms with Crippen LogP contribution in [0.2, 0.25) is 10.0 Å². The lowest BCUT2D eigenvalue weighted by Crippen LogP contribution is -2.58. The number of halogens is 2. The van der Waals surface area contributed by atoms with Crippen LogP contribution in [0.1, 0.15) is 106 Å². The van der Waals surface area contributed by atoms with Crippen molar-refractivity contribution in [2.45, 2.75) is 112 Å². The van der Waals surface area contributed by atoms with Crippen molar-refractivity contribution in [3.8, 4) is 0 Å². The predicted molar refractivity (Wildman–Crippen MR) is 192 cm³/mol. The lowest BCUT2D eigenvalue weighted by molar-refractivity contribution is -0.137. The van der Waals surface area contributed by atoms with Gasteiger partial charge < -0.3 is 20.2 Å². The first-order chi connectivity index (χ1) is 21.8. The van der Waals surface area contributed by atoms with Crippen LogP contribution in [0, 0.1) is 10.8 Å². The molecule has 2 heterocycles. The zero-order chi connectivity index (χ0) is 35.2. The van der Waals surface area contributed by atoms with Gasteiger partial charge in [-0.1, -0.05) is 83.8 Å². The summed E-state index contributed by atoms with van der Waals surface area (Å²) in [7, 11) is 0. The molecule has 8 nitrogen and oxygen atoms in total. The van der Waals surface area contributed by atoms with Crippen molar-refractivity contribution in [2.75, 3.05) is 26.2 Å². The molecule has 2 N–H and O–H groups in total. The average Bonchev–Trinajstić information content (AvgIpc) is 3.23. The zero-order valence-electron chi connectivity index (χ0n) is 29.5. The minimum absolute atomic E-state index is 0.00339. The van der Waals surface area contributed by atoms with Crippen molar-refractivity contribution < 1.29 is 19.5 Å². The normalized spacial score (nSPS) is 18.5. The third-order valence-corrected chi connectivity index (χ3v) is 9.19. The Hall–Kier alpha value is -2.68. The minimum Gasteiger partial charge on any atom is -0.481 e. The summed E-state index contributed by atoms with van der Waals surface area (Å²) in [6.45, 7) is 20.1. The fourth-order valence-corrected chi connectivity index (χ4v) is 6.95. The lowest BCUT2D eigenvalue weighted by atomic mass is 9.83. The van der Waals surface area contributed by atoms with Crippen molar-refractivity contribution in [2.24, 2.45) is 15.8 Å². The van der Waals surface area contributed by atoms with Gasteiger partial charge in [0.1, 0.15) is 11.4 Å². The van der Waals surface area contributed by atoms with E-state index in [1.807, 2.05) is 17.1 Å². The Morgan fingerprint density at radius 3 is 2.19 bits per heavy atom. The molecule has 1 aromatic carbocycles. The zero-order valence-corrected chi connectivity index (χ0v) is 31.0. The second-order valence-corrected chi connectivity index (χ2v) is 16.3. The Morgan fingerprint density at radius 2 is 1.66 bits per heavy atom. The Bertz CT molecular complexity index is 1380. The highest BCUT2D eigenvalue weighted by Crippen LogP contribution is 2.42. The van der Waals surface area contributed by atoms with Crippen LogP contribution in [0.15, 0.2) is 46.5 Å². The highest BCUT2D eigenvalue weighted by molar-refractivity contribution is 6.48. The number of hydrogen-bond donors (Lipinski definition) is 2. The Balaban J connectivity index is 2.05. The van der Waals surface area contributed by atoms with Crippen LogP contribution in [-0.2, 0) is 14.4 Å². The number of nitrogens with zero attached hydrogens (tertiary/aromatic N) is 3.